The van der Waals surface area contributed by atoms with Crippen molar-refractivity contribution in [3.63, 3.8) is 0 Å². The van der Waals surface area contributed by atoms with Gasteiger partial charge in [0, 0.05) is 27.1 Å². The first-order chi connectivity index (χ1) is 10.5. The lowest BCUT2D eigenvalue weighted by molar-refractivity contribution is -0.143. The van der Waals surface area contributed by atoms with Gasteiger partial charge in [0.2, 0.25) is 0 Å². The molecule has 0 amide bonds. The molecular weight excluding hydrogens is 304 g/mol. The molecule has 0 saturated carbocycles. The second-order valence-corrected chi connectivity index (χ2v) is 5.46. The van der Waals surface area contributed by atoms with Crippen LogP contribution in [0.25, 0.3) is 11.2 Å². The topological polar surface area (TPSA) is 71.1 Å². The number of imidazole rings is 1. The van der Waals surface area contributed by atoms with Gasteiger partial charge in [-0.15, -0.1) is 0 Å². The fourth-order valence-electron chi connectivity index (χ4n) is 2.35. The molecule has 0 saturated heterocycles. The Balaban J connectivity index is 2.15. The van der Waals surface area contributed by atoms with Gasteiger partial charge in [0.1, 0.15) is 10.2 Å². The fourth-order valence-corrected chi connectivity index (χ4v) is 2.64. The number of unbranched alkanes of at least 4 members (excludes halogenated alkanes) is 1. The molecule has 2 rings (SSSR count). The molecule has 2 aromatic heterocycles. The molecule has 0 N–H and O–H groups in total. The van der Waals surface area contributed by atoms with Crippen LogP contribution in [0.3, 0.4) is 0 Å². The van der Waals surface area contributed by atoms with E-state index in [0.29, 0.717) is 29.9 Å². The molecule has 0 unspecified atom stereocenters. The molecule has 0 aliphatic heterocycles. The van der Waals surface area contributed by atoms with Crippen LogP contribution in [-0.2, 0) is 30.2 Å². The molecule has 120 valence electrons. The molecule has 7 nitrogen and oxygen atoms in total. The van der Waals surface area contributed by atoms with Crippen molar-refractivity contribution in [2.75, 3.05) is 6.61 Å². The van der Waals surface area contributed by atoms with Crippen LogP contribution in [0.4, 0.5) is 0 Å². The molecule has 0 fully saturated rings. The minimum Gasteiger partial charge on any atom is -0.466 e. The summed E-state index contributed by atoms with van der Waals surface area (Å²) in [5, 5.41) is 0. The smallest absolute Gasteiger partial charge is 0.330 e. The quantitative estimate of drug-likeness (QED) is 0.458. The zero-order valence-corrected chi connectivity index (χ0v) is 13.9. The van der Waals surface area contributed by atoms with Gasteiger partial charge in [0.05, 0.1) is 12.9 Å². The Kier molecular flexibility index (Phi) is 5.12. The maximum absolute atomic E-state index is 12.0. The van der Waals surface area contributed by atoms with Crippen molar-refractivity contribution < 1.29 is 9.53 Å². The highest BCUT2D eigenvalue weighted by molar-refractivity contribution is 7.71. The van der Waals surface area contributed by atoms with E-state index in [1.54, 1.807) is 27.3 Å². The van der Waals surface area contributed by atoms with Crippen molar-refractivity contribution in [2.45, 2.75) is 32.7 Å². The Bertz CT molecular complexity index is 803. The number of carbonyl (C=O) groups is 1. The van der Waals surface area contributed by atoms with Crippen LogP contribution in [0.1, 0.15) is 26.2 Å². The van der Waals surface area contributed by atoms with Crippen LogP contribution in [0.5, 0.6) is 0 Å². The Morgan fingerprint density at radius 1 is 1.32 bits per heavy atom. The van der Waals surface area contributed by atoms with E-state index in [1.807, 2.05) is 4.57 Å². The van der Waals surface area contributed by atoms with Gasteiger partial charge in [0.15, 0.2) is 5.65 Å². The first kappa shape index (κ1) is 16.4. The van der Waals surface area contributed by atoms with Gasteiger partial charge >= 0.3 is 11.7 Å². The third kappa shape index (κ3) is 3.11. The van der Waals surface area contributed by atoms with Gasteiger partial charge in [-0.3, -0.25) is 13.9 Å². The third-order valence-corrected chi connectivity index (χ3v) is 4.02. The molecular formula is C14H20N4O3S. The van der Waals surface area contributed by atoms with Crippen molar-refractivity contribution >= 4 is 29.4 Å². The number of hydrogen-bond donors (Lipinski definition) is 0. The Morgan fingerprint density at radius 3 is 2.73 bits per heavy atom. The number of ether oxygens (including phenoxy) is 1. The lowest BCUT2D eigenvalue weighted by Gasteiger charge is -2.08. The lowest BCUT2D eigenvalue weighted by Crippen LogP contribution is -2.28. The summed E-state index contributed by atoms with van der Waals surface area (Å²) in [7, 11) is 3.33. The van der Waals surface area contributed by atoms with Crippen molar-refractivity contribution in [3.05, 3.63) is 21.5 Å². The van der Waals surface area contributed by atoms with E-state index in [4.69, 9.17) is 17.0 Å². The van der Waals surface area contributed by atoms with Crippen LogP contribution in [0.2, 0.25) is 0 Å². The second kappa shape index (κ2) is 6.87. The van der Waals surface area contributed by atoms with Crippen molar-refractivity contribution in [2.24, 2.45) is 14.1 Å². The van der Waals surface area contributed by atoms with Gasteiger partial charge in [-0.25, -0.2) is 9.78 Å². The predicted molar refractivity (Wildman–Crippen MR) is 85.3 cm³/mol. The maximum Gasteiger partial charge on any atom is 0.330 e. The average Bonchev–Trinajstić information content (AvgIpc) is 2.91. The first-order valence-electron chi connectivity index (χ1n) is 7.23. The Hall–Kier alpha value is -1.96. The van der Waals surface area contributed by atoms with Crippen LogP contribution in [0, 0.1) is 4.64 Å². The monoisotopic (exact) mass is 324 g/mol. The normalized spacial score (nSPS) is 11.0. The van der Waals surface area contributed by atoms with Gasteiger partial charge in [0.25, 0.3) is 0 Å². The van der Waals surface area contributed by atoms with Gasteiger partial charge in [-0.1, -0.05) is 12.2 Å². The SMILES string of the molecule is CCOC(=O)CCCCn1cnc2c1c(=S)n(C)c(=O)n2C. The molecule has 0 atom stereocenters. The van der Waals surface area contributed by atoms with Gasteiger partial charge in [-0.05, 0) is 19.8 Å². The predicted octanol–water partition coefficient (Wildman–Crippen LogP) is 1.54. The minimum atomic E-state index is -0.190. The van der Waals surface area contributed by atoms with Crippen molar-refractivity contribution in [3.8, 4) is 0 Å². The Morgan fingerprint density at radius 2 is 2.05 bits per heavy atom. The zero-order chi connectivity index (χ0) is 16.3. The lowest BCUT2D eigenvalue weighted by atomic mass is 10.2. The summed E-state index contributed by atoms with van der Waals surface area (Å²) in [5.74, 6) is -0.171. The van der Waals surface area contributed by atoms with E-state index >= 15 is 0 Å². The van der Waals surface area contributed by atoms with Crippen LogP contribution in [-0.4, -0.2) is 31.3 Å². The van der Waals surface area contributed by atoms with E-state index in [0.717, 1.165) is 18.4 Å². The number of aryl methyl sites for hydroxylation is 2. The molecule has 0 aromatic carbocycles. The molecule has 8 heteroatoms. The van der Waals surface area contributed by atoms with Crippen LogP contribution in [0.15, 0.2) is 11.1 Å². The number of rotatable bonds is 6. The number of hydrogen-bond acceptors (Lipinski definition) is 5. The highest BCUT2D eigenvalue weighted by Gasteiger charge is 2.11. The molecule has 2 aromatic rings. The van der Waals surface area contributed by atoms with Crippen molar-refractivity contribution in [1.82, 2.24) is 18.7 Å². The van der Waals surface area contributed by atoms with Gasteiger partial charge in [-0.2, -0.15) is 0 Å². The molecule has 0 spiro atoms. The summed E-state index contributed by atoms with van der Waals surface area (Å²) in [6, 6.07) is 0. The molecule has 0 radical (unpaired) electrons. The van der Waals surface area contributed by atoms with Crippen molar-refractivity contribution in [1.29, 1.82) is 0 Å². The molecule has 0 aliphatic carbocycles. The van der Waals surface area contributed by atoms with E-state index in [-0.39, 0.29) is 11.7 Å². The summed E-state index contributed by atoms with van der Waals surface area (Å²) < 4.78 is 10.2. The van der Waals surface area contributed by atoms with E-state index in [2.05, 4.69) is 4.98 Å². The molecule has 0 bridgehead atoms. The highest BCUT2D eigenvalue weighted by atomic mass is 32.1. The minimum absolute atomic E-state index is 0.171. The van der Waals surface area contributed by atoms with Crippen LogP contribution < -0.4 is 5.69 Å². The number of nitrogens with zero attached hydrogens (tertiary/aromatic N) is 4. The molecule has 22 heavy (non-hydrogen) atoms. The summed E-state index contributed by atoms with van der Waals surface area (Å²) in [5.41, 5.74) is 1.17. The standard InChI is InChI=1S/C14H20N4O3S/c1-4-21-10(19)7-5-6-8-18-9-15-12-11(18)13(22)17(3)14(20)16(12)2/h9H,4-8H2,1-3H3. The number of esters is 1. The largest absolute Gasteiger partial charge is 0.466 e. The van der Waals surface area contributed by atoms with E-state index in [9.17, 15) is 9.59 Å². The third-order valence-electron chi connectivity index (χ3n) is 3.55. The Labute approximate surface area is 133 Å². The zero-order valence-electron chi connectivity index (χ0n) is 13.0. The number of fused-ring (bicyclic) bond motifs is 1. The summed E-state index contributed by atoms with van der Waals surface area (Å²) in [4.78, 5) is 27.5. The van der Waals surface area contributed by atoms with E-state index < -0.39 is 0 Å². The first-order valence-corrected chi connectivity index (χ1v) is 7.64. The molecule has 0 aliphatic rings. The molecule has 2 heterocycles. The second-order valence-electron chi connectivity index (χ2n) is 5.08. The fraction of sp³-hybridized carbons (Fsp3) is 0.571. The summed E-state index contributed by atoms with van der Waals surface area (Å²) >= 11 is 5.35. The summed E-state index contributed by atoms with van der Waals surface area (Å²) in [6.45, 7) is 2.90. The van der Waals surface area contributed by atoms with Crippen LogP contribution >= 0.6 is 12.2 Å². The maximum atomic E-state index is 12.0. The highest BCUT2D eigenvalue weighted by Crippen LogP contribution is 2.13. The average molecular weight is 324 g/mol. The summed E-state index contributed by atoms with van der Waals surface area (Å²) in [6.07, 6.45) is 3.65. The number of aromatic nitrogens is 4. The van der Waals surface area contributed by atoms with Gasteiger partial charge < -0.3 is 9.30 Å². The number of carbonyl (C=O) groups excluding carboxylic acids is 1. The van der Waals surface area contributed by atoms with E-state index in [1.165, 1.54) is 9.13 Å².